The zero-order chi connectivity index (χ0) is 20.7. The number of nitrogens with one attached hydrogen (secondary N) is 1. The summed E-state index contributed by atoms with van der Waals surface area (Å²) in [7, 11) is 3.89. The fourth-order valence-electron chi connectivity index (χ4n) is 2.69. The number of likely N-dealkylation sites (N-methyl/N-ethyl adjacent to an activating group) is 1. The summed E-state index contributed by atoms with van der Waals surface area (Å²) in [5.74, 6) is -0.136. The molecule has 10 heteroatoms. The van der Waals surface area contributed by atoms with Gasteiger partial charge in [0.2, 0.25) is 11.8 Å². The molecule has 0 bridgehead atoms. The van der Waals surface area contributed by atoms with Gasteiger partial charge in [0, 0.05) is 44.0 Å². The molecule has 0 aliphatic carbocycles. The van der Waals surface area contributed by atoms with Crippen LogP contribution in [-0.4, -0.2) is 77.1 Å². The largest absolute Gasteiger partial charge is 0.408 e. The quantitative estimate of drug-likeness (QED) is 0.623. The number of amides is 2. The van der Waals surface area contributed by atoms with E-state index in [1.165, 1.54) is 0 Å². The molecule has 2 heterocycles. The van der Waals surface area contributed by atoms with Crippen LogP contribution < -0.4 is 11.1 Å². The Morgan fingerprint density at radius 1 is 1.18 bits per heavy atom. The summed E-state index contributed by atoms with van der Waals surface area (Å²) in [5.41, 5.74) is 7.48. The van der Waals surface area contributed by atoms with E-state index < -0.39 is 0 Å². The molecule has 2 rings (SSSR count). The first-order valence-corrected chi connectivity index (χ1v) is 9.00. The zero-order valence-corrected chi connectivity index (χ0v) is 16.7. The molecular weight excluding hydrogens is 362 g/mol. The third-order valence-corrected chi connectivity index (χ3v) is 4.24. The van der Waals surface area contributed by atoms with Crippen molar-refractivity contribution in [2.75, 3.05) is 45.6 Å². The Balaban J connectivity index is 2.15. The molecular formula is C18H27N7O3. The molecule has 152 valence electrons. The van der Waals surface area contributed by atoms with Crippen LogP contribution in [0.5, 0.6) is 0 Å². The molecule has 10 nitrogen and oxygen atoms in total. The summed E-state index contributed by atoms with van der Waals surface area (Å²) in [6.07, 6.45) is 2.05. The second kappa shape index (κ2) is 9.90. The number of nitrogens with two attached hydrogens (primary N) is 1. The van der Waals surface area contributed by atoms with Gasteiger partial charge < -0.3 is 20.0 Å². The predicted octanol–water partition coefficient (Wildman–Crippen LogP) is 0.225. The maximum Gasteiger partial charge on any atom is 0.322 e. The Morgan fingerprint density at radius 2 is 1.93 bits per heavy atom. The Hall–Kier alpha value is -2.85. The van der Waals surface area contributed by atoms with Crippen LogP contribution in [0.2, 0.25) is 0 Å². The Morgan fingerprint density at radius 3 is 2.54 bits per heavy atom. The molecule has 0 spiro atoms. The average Bonchev–Trinajstić information content (AvgIpc) is 3.06. The number of carbonyl (C=O) groups excluding carboxylic acids is 2. The molecule has 28 heavy (non-hydrogen) atoms. The van der Waals surface area contributed by atoms with Crippen LogP contribution in [-0.2, 0) is 11.2 Å². The molecule has 0 unspecified atom stereocenters. The van der Waals surface area contributed by atoms with E-state index in [1.807, 2.05) is 25.9 Å². The minimum atomic E-state index is -0.367. The van der Waals surface area contributed by atoms with Gasteiger partial charge in [-0.25, -0.2) is 0 Å². The van der Waals surface area contributed by atoms with E-state index in [2.05, 4.69) is 20.5 Å². The van der Waals surface area contributed by atoms with Crippen molar-refractivity contribution in [3.8, 4) is 0 Å². The van der Waals surface area contributed by atoms with E-state index in [0.717, 1.165) is 17.8 Å². The zero-order valence-electron chi connectivity index (χ0n) is 16.7. The van der Waals surface area contributed by atoms with E-state index in [9.17, 15) is 9.59 Å². The van der Waals surface area contributed by atoms with Gasteiger partial charge in [-0.1, -0.05) is 5.10 Å². The van der Waals surface area contributed by atoms with Gasteiger partial charge in [-0.3, -0.25) is 19.9 Å². The molecule has 0 radical (unpaired) electrons. The topological polar surface area (TPSA) is 130 Å². The van der Waals surface area contributed by atoms with Gasteiger partial charge in [-0.15, -0.1) is 5.10 Å². The highest BCUT2D eigenvalue weighted by atomic mass is 16.4. The van der Waals surface area contributed by atoms with Gasteiger partial charge in [0.25, 0.3) is 5.91 Å². The molecule has 0 aromatic carbocycles. The second-order valence-corrected chi connectivity index (χ2v) is 6.64. The first-order valence-electron chi connectivity index (χ1n) is 9.00. The highest BCUT2D eigenvalue weighted by molar-refractivity contribution is 6.04. The number of aryl methyl sites for hydroxylation is 2. The second-order valence-electron chi connectivity index (χ2n) is 6.64. The average molecular weight is 389 g/mol. The summed E-state index contributed by atoms with van der Waals surface area (Å²) >= 11 is 0. The number of hydrogen-bond acceptors (Lipinski definition) is 8. The number of anilines is 1. The van der Waals surface area contributed by atoms with Crippen LogP contribution in [0.4, 0.5) is 6.01 Å². The van der Waals surface area contributed by atoms with Crippen LogP contribution in [0.1, 0.15) is 27.5 Å². The Bertz CT molecular complexity index is 819. The SMILES string of the molecule is Cc1nnc(NC(=O)c2ccnc(C)c2CCN(CCN(C)C)C(=O)CN)o1. The van der Waals surface area contributed by atoms with Crippen LogP contribution in [0.15, 0.2) is 16.7 Å². The molecule has 0 atom stereocenters. The number of aromatic nitrogens is 3. The third-order valence-electron chi connectivity index (χ3n) is 4.24. The van der Waals surface area contributed by atoms with Crippen LogP contribution >= 0.6 is 0 Å². The van der Waals surface area contributed by atoms with Gasteiger partial charge in [-0.2, -0.15) is 0 Å². The van der Waals surface area contributed by atoms with E-state index in [-0.39, 0.29) is 24.4 Å². The lowest BCUT2D eigenvalue weighted by atomic mass is 10.0. The molecule has 2 aromatic heterocycles. The van der Waals surface area contributed by atoms with Crippen molar-refractivity contribution in [2.24, 2.45) is 5.73 Å². The summed E-state index contributed by atoms with van der Waals surface area (Å²) < 4.78 is 5.20. The van der Waals surface area contributed by atoms with Crippen molar-refractivity contribution in [1.82, 2.24) is 25.0 Å². The van der Waals surface area contributed by atoms with Crippen molar-refractivity contribution < 1.29 is 14.0 Å². The lowest BCUT2D eigenvalue weighted by Crippen LogP contribution is -2.41. The van der Waals surface area contributed by atoms with Crippen molar-refractivity contribution in [3.63, 3.8) is 0 Å². The predicted molar refractivity (Wildman–Crippen MR) is 104 cm³/mol. The number of rotatable bonds is 9. The highest BCUT2D eigenvalue weighted by Crippen LogP contribution is 2.16. The third kappa shape index (κ3) is 5.83. The summed E-state index contributed by atoms with van der Waals surface area (Å²) in [5, 5.41) is 10.1. The van der Waals surface area contributed by atoms with Gasteiger partial charge in [0.1, 0.15) is 0 Å². The minimum Gasteiger partial charge on any atom is -0.408 e. The van der Waals surface area contributed by atoms with E-state index >= 15 is 0 Å². The van der Waals surface area contributed by atoms with E-state index in [1.54, 1.807) is 24.1 Å². The van der Waals surface area contributed by atoms with Crippen LogP contribution in [0, 0.1) is 13.8 Å². The Kier molecular flexibility index (Phi) is 7.59. The monoisotopic (exact) mass is 389 g/mol. The number of carbonyl (C=O) groups is 2. The van der Waals surface area contributed by atoms with E-state index in [4.69, 9.17) is 10.2 Å². The first kappa shape index (κ1) is 21.5. The summed E-state index contributed by atoms with van der Waals surface area (Å²) in [6.45, 7) is 5.14. The highest BCUT2D eigenvalue weighted by Gasteiger charge is 2.19. The van der Waals surface area contributed by atoms with Gasteiger partial charge >= 0.3 is 6.01 Å². The van der Waals surface area contributed by atoms with Crippen LogP contribution in [0.25, 0.3) is 0 Å². The number of nitrogens with zero attached hydrogens (tertiary/aromatic N) is 5. The summed E-state index contributed by atoms with van der Waals surface area (Å²) in [6, 6.07) is 1.67. The molecule has 3 N–H and O–H groups in total. The lowest BCUT2D eigenvalue weighted by Gasteiger charge is -2.24. The molecule has 0 saturated carbocycles. The molecule has 0 aliphatic heterocycles. The van der Waals surface area contributed by atoms with Crippen molar-refractivity contribution >= 4 is 17.8 Å². The fraction of sp³-hybridized carbons (Fsp3) is 0.500. The van der Waals surface area contributed by atoms with Gasteiger partial charge in [0.05, 0.1) is 6.54 Å². The normalized spacial score (nSPS) is 10.9. The summed E-state index contributed by atoms with van der Waals surface area (Å²) in [4.78, 5) is 32.8. The molecule has 2 amide bonds. The maximum atomic E-state index is 12.7. The minimum absolute atomic E-state index is 0.0360. The fourth-order valence-corrected chi connectivity index (χ4v) is 2.69. The van der Waals surface area contributed by atoms with Gasteiger partial charge in [-0.05, 0) is 39.1 Å². The van der Waals surface area contributed by atoms with Crippen molar-refractivity contribution in [2.45, 2.75) is 20.3 Å². The standard InChI is InChI=1S/C18H27N7O3/c1-12-14(6-8-25(16(26)11-19)10-9-24(3)4)15(5-7-20-12)17(27)21-18-23-22-13(2)28-18/h5,7H,6,8-11,19H2,1-4H3,(H,21,23,27). The number of hydrogen-bond donors (Lipinski definition) is 2. The van der Waals surface area contributed by atoms with Gasteiger partial charge in [0.15, 0.2) is 0 Å². The number of pyridine rings is 1. The first-order chi connectivity index (χ1) is 13.3. The Labute approximate surface area is 164 Å². The molecule has 2 aromatic rings. The molecule has 0 fully saturated rings. The van der Waals surface area contributed by atoms with Crippen molar-refractivity contribution in [1.29, 1.82) is 0 Å². The smallest absolute Gasteiger partial charge is 0.322 e. The molecule has 0 aliphatic rings. The lowest BCUT2D eigenvalue weighted by molar-refractivity contribution is -0.129. The van der Waals surface area contributed by atoms with E-state index in [0.29, 0.717) is 31.0 Å². The van der Waals surface area contributed by atoms with Crippen LogP contribution in [0.3, 0.4) is 0 Å². The van der Waals surface area contributed by atoms with Crippen molar-refractivity contribution in [3.05, 3.63) is 35.0 Å². The molecule has 0 saturated heterocycles. The maximum absolute atomic E-state index is 12.7.